The summed E-state index contributed by atoms with van der Waals surface area (Å²) in [5.74, 6) is -0.932. The first kappa shape index (κ1) is 20.7. The zero-order valence-electron chi connectivity index (χ0n) is 15.3. The second kappa shape index (κ2) is 9.25. The van der Waals surface area contributed by atoms with E-state index in [4.69, 9.17) is 9.47 Å². The predicted octanol–water partition coefficient (Wildman–Crippen LogP) is 3.68. The van der Waals surface area contributed by atoms with Crippen LogP contribution in [0.3, 0.4) is 0 Å². The van der Waals surface area contributed by atoms with Gasteiger partial charge in [0, 0.05) is 6.04 Å². The van der Waals surface area contributed by atoms with Crippen molar-refractivity contribution in [2.75, 3.05) is 13.7 Å². The van der Waals surface area contributed by atoms with Crippen molar-refractivity contribution in [3.05, 3.63) is 29.6 Å². The number of halogens is 1. The van der Waals surface area contributed by atoms with Crippen LogP contribution in [0.5, 0.6) is 5.75 Å². The molecule has 1 aromatic carbocycles. The lowest BCUT2D eigenvalue weighted by molar-refractivity contribution is 0.0503. The zero-order chi connectivity index (χ0) is 19.0. The predicted molar refractivity (Wildman–Crippen MR) is 91.3 cm³/mol. The van der Waals surface area contributed by atoms with Crippen LogP contribution in [0.15, 0.2) is 18.2 Å². The van der Waals surface area contributed by atoms with Crippen LogP contribution in [-0.2, 0) is 9.47 Å². The Hall–Kier alpha value is -2.31. The van der Waals surface area contributed by atoms with Gasteiger partial charge in [-0.15, -0.1) is 0 Å². The van der Waals surface area contributed by atoms with Crippen LogP contribution in [0.4, 0.5) is 9.18 Å². The van der Waals surface area contributed by atoms with Crippen molar-refractivity contribution in [3.8, 4) is 5.75 Å². The zero-order valence-corrected chi connectivity index (χ0v) is 15.3. The maximum atomic E-state index is 13.3. The van der Waals surface area contributed by atoms with E-state index in [0.29, 0.717) is 19.4 Å². The van der Waals surface area contributed by atoms with E-state index in [2.05, 4.69) is 10.1 Å². The molecule has 0 radical (unpaired) electrons. The van der Waals surface area contributed by atoms with Crippen LogP contribution in [-0.4, -0.2) is 37.4 Å². The molecule has 1 atom stereocenters. The molecule has 1 aromatic rings. The Morgan fingerprint density at radius 3 is 2.56 bits per heavy atom. The molecule has 0 aromatic heterocycles. The molecule has 1 amide bonds. The van der Waals surface area contributed by atoms with Crippen LogP contribution >= 0.6 is 0 Å². The number of rotatable bonds is 7. The highest BCUT2D eigenvalue weighted by Crippen LogP contribution is 2.21. The van der Waals surface area contributed by atoms with E-state index in [1.165, 1.54) is 19.2 Å². The fourth-order valence-corrected chi connectivity index (χ4v) is 2.05. The Morgan fingerprint density at radius 1 is 1.28 bits per heavy atom. The molecule has 0 bridgehead atoms. The van der Waals surface area contributed by atoms with Crippen LogP contribution in [0, 0.1) is 5.82 Å². The van der Waals surface area contributed by atoms with Crippen LogP contribution in [0.2, 0.25) is 0 Å². The van der Waals surface area contributed by atoms with Gasteiger partial charge < -0.3 is 19.5 Å². The summed E-state index contributed by atoms with van der Waals surface area (Å²) in [6, 6.07) is 3.60. The Bertz CT molecular complexity index is 598. The van der Waals surface area contributed by atoms with E-state index < -0.39 is 23.5 Å². The third-order valence-electron chi connectivity index (χ3n) is 3.15. The van der Waals surface area contributed by atoms with Crippen molar-refractivity contribution in [2.24, 2.45) is 0 Å². The third kappa shape index (κ3) is 7.87. The van der Waals surface area contributed by atoms with Crippen molar-refractivity contribution < 1.29 is 28.2 Å². The van der Waals surface area contributed by atoms with E-state index in [1.807, 2.05) is 6.92 Å². The molecule has 0 saturated carbocycles. The summed E-state index contributed by atoms with van der Waals surface area (Å²) < 4.78 is 28.6. The number of nitrogens with one attached hydrogen (secondary N) is 1. The van der Waals surface area contributed by atoms with Gasteiger partial charge >= 0.3 is 12.1 Å². The van der Waals surface area contributed by atoms with Gasteiger partial charge in [-0.2, -0.15) is 0 Å². The van der Waals surface area contributed by atoms with Crippen molar-refractivity contribution >= 4 is 12.1 Å². The van der Waals surface area contributed by atoms with E-state index in [9.17, 15) is 14.0 Å². The largest absolute Gasteiger partial charge is 0.493 e. The van der Waals surface area contributed by atoms with Gasteiger partial charge in [-0.25, -0.2) is 14.0 Å². The maximum absolute atomic E-state index is 13.3. The smallest absolute Gasteiger partial charge is 0.407 e. The highest BCUT2D eigenvalue weighted by Gasteiger charge is 2.18. The van der Waals surface area contributed by atoms with Gasteiger partial charge in [0.05, 0.1) is 13.7 Å². The van der Waals surface area contributed by atoms with Crippen LogP contribution < -0.4 is 10.1 Å². The van der Waals surface area contributed by atoms with Crippen molar-refractivity contribution in [1.29, 1.82) is 0 Å². The molecule has 0 aliphatic rings. The molecule has 6 nitrogen and oxygen atoms in total. The molecule has 1 N–H and O–H groups in total. The minimum absolute atomic E-state index is 0.0439. The highest BCUT2D eigenvalue weighted by molar-refractivity contribution is 5.92. The second-order valence-corrected chi connectivity index (χ2v) is 6.67. The summed E-state index contributed by atoms with van der Waals surface area (Å²) in [5.41, 5.74) is -0.498. The minimum Gasteiger partial charge on any atom is -0.493 e. The molecule has 140 valence electrons. The number of methoxy groups -OCH3 is 1. The average molecular weight is 355 g/mol. The molecular formula is C18H26FNO5. The third-order valence-corrected chi connectivity index (χ3v) is 3.15. The quantitative estimate of drug-likeness (QED) is 0.596. The van der Waals surface area contributed by atoms with Gasteiger partial charge in [-0.1, -0.05) is 0 Å². The lowest BCUT2D eigenvalue weighted by Crippen LogP contribution is -2.37. The van der Waals surface area contributed by atoms with Gasteiger partial charge in [0.25, 0.3) is 0 Å². The monoisotopic (exact) mass is 355 g/mol. The molecule has 0 fully saturated rings. The highest BCUT2D eigenvalue weighted by atomic mass is 19.1. The number of hydrogen-bond donors (Lipinski definition) is 1. The number of carbonyl (C=O) groups is 2. The summed E-state index contributed by atoms with van der Waals surface area (Å²) in [7, 11) is 1.22. The molecule has 0 aliphatic carbocycles. The Kier molecular flexibility index (Phi) is 7.67. The molecule has 7 heteroatoms. The Labute approximate surface area is 147 Å². The standard InChI is InChI=1S/C18H26FNO5/c1-12(20-17(22)25-18(2,3)4)7-6-10-24-15-9-8-13(19)11-14(15)16(21)23-5/h8-9,11-12H,6-7,10H2,1-5H3,(H,20,22). The molecule has 1 unspecified atom stereocenters. The number of esters is 1. The summed E-state index contributed by atoms with van der Waals surface area (Å²) in [6.45, 7) is 7.57. The van der Waals surface area contributed by atoms with Crippen LogP contribution in [0.25, 0.3) is 0 Å². The number of amides is 1. The Balaban J connectivity index is 2.43. The van der Waals surface area contributed by atoms with E-state index in [-0.39, 0.29) is 17.4 Å². The average Bonchev–Trinajstić information content (AvgIpc) is 2.49. The van der Waals surface area contributed by atoms with Crippen molar-refractivity contribution in [2.45, 2.75) is 52.2 Å². The van der Waals surface area contributed by atoms with Gasteiger partial charge in [-0.05, 0) is 58.7 Å². The molecule has 0 spiro atoms. The summed E-state index contributed by atoms with van der Waals surface area (Å²) in [5, 5.41) is 2.74. The first-order chi connectivity index (χ1) is 11.6. The fraction of sp³-hybridized carbons (Fsp3) is 0.556. The summed E-state index contributed by atoms with van der Waals surface area (Å²) in [4.78, 5) is 23.3. The van der Waals surface area contributed by atoms with E-state index >= 15 is 0 Å². The number of alkyl carbamates (subject to hydrolysis) is 1. The van der Waals surface area contributed by atoms with Gasteiger partial charge in [0.2, 0.25) is 0 Å². The SMILES string of the molecule is COC(=O)c1cc(F)ccc1OCCCC(C)NC(=O)OC(C)(C)C. The second-order valence-electron chi connectivity index (χ2n) is 6.67. The first-order valence-electron chi connectivity index (χ1n) is 8.12. The topological polar surface area (TPSA) is 73.9 Å². The molecule has 0 aliphatic heterocycles. The van der Waals surface area contributed by atoms with Gasteiger partial charge in [0.1, 0.15) is 22.7 Å². The molecule has 25 heavy (non-hydrogen) atoms. The number of carbonyl (C=O) groups excluding carboxylic acids is 2. The van der Waals surface area contributed by atoms with Gasteiger partial charge in [-0.3, -0.25) is 0 Å². The molecule has 0 heterocycles. The maximum Gasteiger partial charge on any atom is 0.407 e. The lowest BCUT2D eigenvalue weighted by Gasteiger charge is -2.22. The first-order valence-corrected chi connectivity index (χ1v) is 8.12. The van der Waals surface area contributed by atoms with Gasteiger partial charge in [0.15, 0.2) is 0 Å². The summed E-state index contributed by atoms with van der Waals surface area (Å²) >= 11 is 0. The molecular weight excluding hydrogens is 329 g/mol. The van der Waals surface area contributed by atoms with Crippen LogP contribution in [0.1, 0.15) is 50.9 Å². The number of benzene rings is 1. The molecule has 1 rings (SSSR count). The van der Waals surface area contributed by atoms with Crippen molar-refractivity contribution in [3.63, 3.8) is 0 Å². The fourth-order valence-electron chi connectivity index (χ4n) is 2.05. The normalized spacial score (nSPS) is 12.2. The minimum atomic E-state index is -0.658. The van der Waals surface area contributed by atoms with E-state index in [1.54, 1.807) is 20.8 Å². The number of hydrogen-bond acceptors (Lipinski definition) is 5. The summed E-state index contributed by atoms with van der Waals surface area (Å²) in [6.07, 6.45) is 0.829. The molecule has 0 saturated heterocycles. The van der Waals surface area contributed by atoms with Crippen molar-refractivity contribution in [1.82, 2.24) is 5.32 Å². The number of ether oxygens (including phenoxy) is 3. The Morgan fingerprint density at radius 2 is 1.96 bits per heavy atom. The lowest BCUT2D eigenvalue weighted by atomic mass is 10.2. The van der Waals surface area contributed by atoms with E-state index in [0.717, 1.165) is 6.07 Å².